The van der Waals surface area contributed by atoms with Gasteiger partial charge in [-0.3, -0.25) is 9.69 Å². The number of carbonyl (C=O) groups excluding carboxylic acids is 1. The van der Waals surface area contributed by atoms with Gasteiger partial charge in [-0.2, -0.15) is 0 Å². The minimum Gasteiger partial charge on any atom is -0.368 e. The van der Waals surface area contributed by atoms with Gasteiger partial charge in [-0.05, 0) is 62.9 Å². The molecule has 1 aromatic heterocycles. The quantitative estimate of drug-likeness (QED) is 0.943. The molecule has 1 aliphatic heterocycles. The number of hydrogen-bond donors (Lipinski definition) is 1. The van der Waals surface area contributed by atoms with Crippen molar-refractivity contribution in [2.75, 3.05) is 6.54 Å². The number of rotatable bonds is 4. The Morgan fingerprint density at radius 3 is 2.87 bits per heavy atom. The highest BCUT2D eigenvalue weighted by Crippen LogP contribution is 2.30. The van der Waals surface area contributed by atoms with Crippen LogP contribution in [0.2, 0.25) is 0 Å². The van der Waals surface area contributed by atoms with E-state index in [2.05, 4.69) is 35.0 Å². The third kappa shape index (κ3) is 3.01. The van der Waals surface area contributed by atoms with E-state index < -0.39 is 5.54 Å². The number of nitrogens with zero attached hydrogens (tertiary/aromatic N) is 3. The Morgan fingerprint density at radius 1 is 1.39 bits per heavy atom. The highest BCUT2D eigenvalue weighted by atomic mass is 16.1. The molecule has 0 radical (unpaired) electrons. The molecule has 2 heterocycles. The van der Waals surface area contributed by atoms with Gasteiger partial charge in [-0.15, -0.1) is 0 Å². The minimum atomic E-state index is -0.534. The highest BCUT2D eigenvalue weighted by molar-refractivity contribution is 5.84. The maximum Gasteiger partial charge on any atom is 0.237 e. The number of benzene rings is 1. The molecular weight excluding hydrogens is 288 g/mol. The molecule has 23 heavy (non-hydrogen) atoms. The van der Waals surface area contributed by atoms with Crippen LogP contribution in [0, 0.1) is 6.92 Å². The number of imidazole rings is 1. The Hall–Kier alpha value is -2.14. The monoisotopic (exact) mass is 312 g/mol. The SMILES string of the molecule is Cc1cc(-n2ccnc2)ccc1CN1CCCC[C@@]1(C)C(N)=O. The van der Waals surface area contributed by atoms with Crippen LogP contribution >= 0.6 is 0 Å². The number of likely N-dealkylation sites (tertiary alicyclic amines) is 1. The van der Waals surface area contributed by atoms with E-state index in [0.29, 0.717) is 0 Å². The zero-order chi connectivity index (χ0) is 16.4. The first-order valence-electron chi connectivity index (χ1n) is 8.13. The summed E-state index contributed by atoms with van der Waals surface area (Å²) in [4.78, 5) is 18.3. The van der Waals surface area contributed by atoms with Gasteiger partial charge in [0.2, 0.25) is 5.91 Å². The predicted molar refractivity (Wildman–Crippen MR) is 90.2 cm³/mol. The van der Waals surface area contributed by atoms with Gasteiger partial charge in [0.05, 0.1) is 11.9 Å². The van der Waals surface area contributed by atoms with E-state index in [9.17, 15) is 4.79 Å². The van der Waals surface area contributed by atoms with Crippen LogP contribution in [-0.2, 0) is 11.3 Å². The summed E-state index contributed by atoms with van der Waals surface area (Å²) in [6.45, 7) is 5.77. The second kappa shape index (κ2) is 6.16. The van der Waals surface area contributed by atoms with Crippen LogP contribution in [0.1, 0.15) is 37.3 Å². The molecule has 1 aliphatic rings. The van der Waals surface area contributed by atoms with Gasteiger partial charge in [0.1, 0.15) is 0 Å². The molecule has 5 nitrogen and oxygen atoms in total. The van der Waals surface area contributed by atoms with Crippen LogP contribution in [0.15, 0.2) is 36.9 Å². The number of aryl methyl sites for hydroxylation is 1. The third-order valence-electron chi connectivity index (χ3n) is 5.06. The maximum absolute atomic E-state index is 11.9. The van der Waals surface area contributed by atoms with Crippen molar-refractivity contribution in [3.05, 3.63) is 48.0 Å². The molecule has 0 unspecified atom stereocenters. The zero-order valence-corrected chi connectivity index (χ0v) is 13.8. The van der Waals surface area contributed by atoms with E-state index in [1.165, 1.54) is 11.1 Å². The van der Waals surface area contributed by atoms with E-state index in [1.807, 2.05) is 17.7 Å². The fourth-order valence-electron chi connectivity index (χ4n) is 3.34. The van der Waals surface area contributed by atoms with Crippen molar-refractivity contribution in [1.29, 1.82) is 0 Å². The topological polar surface area (TPSA) is 64.2 Å². The molecule has 2 N–H and O–H groups in total. The van der Waals surface area contributed by atoms with Gasteiger partial charge in [0, 0.05) is 24.6 Å². The number of piperidine rings is 1. The van der Waals surface area contributed by atoms with E-state index in [-0.39, 0.29) is 5.91 Å². The van der Waals surface area contributed by atoms with Crippen LogP contribution in [0.5, 0.6) is 0 Å². The Balaban J connectivity index is 1.83. The Labute approximate surface area is 137 Å². The lowest BCUT2D eigenvalue weighted by Gasteiger charge is -2.42. The molecule has 2 aromatic rings. The molecule has 1 atom stereocenters. The summed E-state index contributed by atoms with van der Waals surface area (Å²) in [5.74, 6) is -0.218. The number of primary amides is 1. The van der Waals surface area contributed by atoms with Crippen LogP contribution in [0.25, 0.3) is 5.69 Å². The number of amides is 1. The van der Waals surface area contributed by atoms with Crippen LogP contribution < -0.4 is 5.73 Å². The van der Waals surface area contributed by atoms with E-state index in [0.717, 1.165) is 38.0 Å². The summed E-state index contributed by atoms with van der Waals surface area (Å²) in [7, 11) is 0. The van der Waals surface area contributed by atoms with Gasteiger partial charge in [0.15, 0.2) is 0 Å². The molecule has 1 fully saturated rings. The second-order valence-corrected chi connectivity index (χ2v) is 6.60. The van der Waals surface area contributed by atoms with Crippen LogP contribution in [-0.4, -0.2) is 32.4 Å². The highest BCUT2D eigenvalue weighted by Gasteiger charge is 2.39. The third-order valence-corrected chi connectivity index (χ3v) is 5.06. The molecule has 0 spiro atoms. The summed E-state index contributed by atoms with van der Waals surface area (Å²) < 4.78 is 1.99. The lowest BCUT2D eigenvalue weighted by Crippen LogP contribution is -2.57. The average molecular weight is 312 g/mol. The van der Waals surface area contributed by atoms with Crippen molar-refractivity contribution in [3.63, 3.8) is 0 Å². The zero-order valence-electron chi connectivity index (χ0n) is 13.8. The Bertz CT molecular complexity index is 695. The molecule has 122 valence electrons. The first-order chi connectivity index (χ1) is 11.0. The Kier molecular flexibility index (Phi) is 4.22. The van der Waals surface area contributed by atoms with Crippen molar-refractivity contribution in [2.24, 2.45) is 5.73 Å². The van der Waals surface area contributed by atoms with Crippen molar-refractivity contribution < 1.29 is 4.79 Å². The lowest BCUT2D eigenvalue weighted by molar-refractivity contribution is -0.132. The van der Waals surface area contributed by atoms with Gasteiger partial charge >= 0.3 is 0 Å². The van der Waals surface area contributed by atoms with Crippen molar-refractivity contribution in [1.82, 2.24) is 14.5 Å². The minimum absolute atomic E-state index is 0.218. The van der Waals surface area contributed by atoms with Gasteiger partial charge in [-0.1, -0.05) is 6.07 Å². The first-order valence-corrected chi connectivity index (χ1v) is 8.13. The summed E-state index contributed by atoms with van der Waals surface area (Å²) in [6.07, 6.45) is 8.53. The van der Waals surface area contributed by atoms with Crippen molar-refractivity contribution in [3.8, 4) is 5.69 Å². The summed E-state index contributed by atoms with van der Waals surface area (Å²) >= 11 is 0. The summed E-state index contributed by atoms with van der Waals surface area (Å²) in [6, 6.07) is 6.39. The molecule has 1 aromatic carbocycles. The summed E-state index contributed by atoms with van der Waals surface area (Å²) in [5, 5.41) is 0. The van der Waals surface area contributed by atoms with Crippen molar-refractivity contribution >= 4 is 5.91 Å². The van der Waals surface area contributed by atoms with Crippen molar-refractivity contribution in [2.45, 2.75) is 45.2 Å². The van der Waals surface area contributed by atoms with E-state index >= 15 is 0 Å². The molecule has 5 heteroatoms. The van der Waals surface area contributed by atoms with E-state index in [4.69, 9.17) is 5.73 Å². The fraction of sp³-hybridized carbons (Fsp3) is 0.444. The standard InChI is InChI=1S/C18H24N4O/c1-14-11-16(21-10-8-20-13-21)6-5-15(14)12-22-9-4-3-7-18(22,2)17(19)23/h5-6,8,10-11,13H,3-4,7,9,12H2,1-2H3,(H2,19,23)/t18-/m0/s1. The molecule has 1 amide bonds. The molecular formula is C18H24N4O. The number of nitrogens with two attached hydrogens (primary N) is 1. The Morgan fingerprint density at radius 2 is 2.22 bits per heavy atom. The van der Waals surface area contributed by atoms with Gasteiger partial charge < -0.3 is 10.3 Å². The summed E-state index contributed by atoms with van der Waals surface area (Å²) in [5.41, 5.74) is 8.70. The number of aromatic nitrogens is 2. The normalized spacial score (nSPS) is 22.2. The predicted octanol–water partition coefficient (Wildman–Crippen LogP) is 2.41. The molecule has 0 aliphatic carbocycles. The van der Waals surface area contributed by atoms with E-state index in [1.54, 1.807) is 12.5 Å². The molecule has 0 saturated carbocycles. The maximum atomic E-state index is 11.9. The molecule has 0 bridgehead atoms. The van der Waals surface area contributed by atoms with Gasteiger partial charge in [0.25, 0.3) is 0 Å². The second-order valence-electron chi connectivity index (χ2n) is 6.60. The fourth-order valence-corrected chi connectivity index (χ4v) is 3.34. The molecule has 3 rings (SSSR count). The largest absolute Gasteiger partial charge is 0.368 e. The molecule has 1 saturated heterocycles. The van der Waals surface area contributed by atoms with Gasteiger partial charge in [-0.25, -0.2) is 4.98 Å². The van der Waals surface area contributed by atoms with Crippen LogP contribution in [0.4, 0.5) is 0 Å². The number of carbonyl (C=O) groups is 1. The number of hydrogen-bond acceptors (Lipinski definition) is 3. The smallest absolute Gasteiger partial charge is 0.237 e. The first kappa shape index (κ1) is 15.7. The van der Waals surface area contributed by atoms with Crippen LogP contribution in [0.3, 0.4) is 0 Å². The lowest BCUT2D eigenvalue weighted by atomic mass is 9.87. The average Bonchev–Trinajstić information content (AvgIpc) is 3.05.